The van der Waals surface area contributed by atoms with E-state index in [9.17, 15) is 9.90 Å². The van der Waals surface area contributed by atoms with Crippen LogP contribution in [0.25, 0.3) is 16.7 Å². The first-order chi connectivity index (χ1) is 13.3. The summed E-state index contributed by atoms with van der Waals surface area (Å²) in [6.45, 7) is 8.34. The fraction of sp³-hybridized carbons (Fsp3) is 0.455. The molecule has 1 aromatic carbocycles. The van der Waals surface area contributed by atoms with E-state index in [1.54, 1.807) is 0 Å². The van der Waals surface area contributed by atoms with Crippen LogP contribution in [0, 0.1) is 5.41 Å². The Morgan fingerprint density at radius 1 is 1.29 bits per heavy atom. The van der Waals surface area contributed by atoms with Gasteiger partial charge in [0.25, 0.3) is 5.91 Å². The molecule has 1 fully saturated rings. The fourth-order valence-electron chi connectivity index (χ4n) is 4.18. The highest BCUT2D eigenvalue weighted by atomic mass is 16.3. The molecule has 3 N–H and O–H groups in total. The molecule has 1 aliphatic rings. The van der Waals surface area contributed by atoms with Gasteiger partial charge in [0.15, 0.2) is 5.65 Å². The summed E-state index contributed by atoms with van der Waals surface area (Å²) in [5.41, 5.74) is 9.69. The summed E-state index contributed by atoms with van der Waals surface area (Å²) in [5.74, 6) is 0.855. The second-order valence-electron chi connectivity index (χ2n) is 8.57. The highest BCUT2D eigenvalue weighted by Crippen LogP contribution is 2.38. The molecule has 6 heteroatoms. The van der Waals surface area contributed by atoms with Gasteiger partial charge in [0.1, 0.15) is 5.82 Å². The first-order valence-electron chi connectivity index (χ1n) is 9.94. The highest BCUT2D eigenvalue weighted by molar-refractivity contribution is 6.02. The molecule has 1 aliphatic heterocycles. The molecule has 1 saturated heterocycles. The van der Waals surface area contributed by atoms with Crippen molar-refractivity contribution in [3.63, 3.8) is 0 Å². The highest BCUT2D eigenvalue weighted by Gasteiger charge is 2.32. The van der Waals surface area contributed by atoms with Crippen LogP contribution in [0.1, 0.15) is 55.5 Å². The molecule has 0 unspecified atom stereocenters. The van der Waals surface area contributed by atoms with Gasteiger partial charge in [0.05, 0.1) is 16.6 Å². The summed E-state index contributed by atoms with van der Waals surface area (Å²) in [5, 5.41) is 9.74. The van der Waals surface area contributed by atoms with Gasteiger partial charge in [-0.1, -0.05) is 32.9 Å². The van der Waals surface area contributed by atoms with Gasteiger partial charge in [-0.05, 0) is 47.9 Å². The Labute approximate surface area is 165 Å². The number of aliphatic hydroxyl groups excluding tert-OH is 1. The van der Waals surface area contributed by atoms with Gasteiger partial charge < -0.3 is 15.7 Å². The number of aromatic nitrogens is 2. The van der Waals surface area contributed by atoms with Gasteiger partial charge in [-0.2, -0.15) is 0 Å². The number of carbonyl (C=O) groups is 1. The van der Waals surface area contributed by atoms with E-state index in [0.29, 0.717) is 11.2 Å². The summed E-state index contributed by atoms with van der Waals surface area (Å²) in [6, 6.07) is 9.87. The number of hydrogen-bond donors (Lipinski definition) is 2. The van der Waals surface area contributed by atoms with Crippen molar-refractivity contribution in [1.29, 1.82) is 0 Å². The van der Waals surface area contributed by atoms with Crippen LogP contribution in [0.3, 0.4) is 0 Å². The van der Waals surface area contributed by atoms with Crippen LogP contribution >= 0.6 is 0 Å². The predicted molar refractivity (Wildman–Crippen MR) is 112 cm³/mol. The summed E-state index contributed by atoms with van der Waals surface area (Å²) in [7, 11) is 0. The quantitative estimate of drug-likeness (QED) is 0.727. The fourth-order valence-corrected chi connectivity index (χ4v) is 4.18. The molecule has 3 aromatic rings. The number of hydrogen-bond acceptors (Lipinski definition) is 4. The number of piperidine rings is 1. The molecule has 4 rings (SSSR count). The minimum Gasteiger partial charge on any atom is -0.396 e. The van der Waals surface area contributed by atoms with Crippen LogP contribution in [0.4, 0.5) is 5.82 Å². The number of rotatable bonds is 4. The summed E-state index contributed by atoms with van der Waals surface area (Å²) >= 11 is 0. The number of nitrogens with zero attached hydrogens (tertiary/aromatic N) is 3. The van der Waals surface area contributed by atoms with Gasteiger partial charge in [-0.25, -0.2) is 4.98 Å². The maximum absolute atomic E-state index is 12.2. The minimum atomic E-state index is -0.458. The van der Waals surface area contributed by atoms with Crippen LogP contribution in [0.5, 0.6) is 0 Å². The molecule has 1 amide bonds. The van der Waals surface area contributed by atoms with Crippen molar-refractivity contribution in [2.45, 2.75) is 39.5 Å². The van der Waals surface area contributed by atoms with E-state index in [2.05, 4.69) is 30.1 Å². The lowest BCUT2D eigenvalue weighted by molar-refractivity contribution is 0.100. The Balaban J connectivity index is 2.00. The van der Waals surface area contributed by atoms with E-state index < -0.39 is 5.91 Å². The number of benzene rings is 1. The Morgan fingerprint density at radius 3 is 2.57 bits per heavy atom. The van der Waals surface area contributed by atoms with Gasteiger partial charge >= 0.3 is 0 Å². The van der Waals surface area contributed by atoms with Crippen LogP contribution in [0.15, 0.2) is 30.3 Å². The summed E-state index contributed by atoms with van der Waals surface area (Å²) in [4.78, 5) is 19.3. The molecule has 3 heterocycles. The Bertz CT molecular complexity index is 1050. The lowest BCUT2D eigenvalue weighted by atomic mass is 9.81. The van der Waals surface area contributed by atoms with E-state index in [1.807, 2.05) is 30.3 Å². The van der Waals surface area contributed by atoms with E-state index in [1.165, 1.54) is 0 Å². The average molecular weight is 380 g/mol. The smallest absolute Gasteiger partial charge is 0.252 e. The maximum atomic E-state index is 12.2. The molecule has 0 atom stereocenters. The normalized spacial score (nSPS) is 17.0. The largest absolute Gasteiger partial charge is 0.396 e. The van der Waals surface area contributed by atoms with Gasteiger partial charge in [0, 0.05) is 19.7 Å². The topological polar surface area (TPSA) is 83.9 Å². The number of imidazole rings is 1. The zero-order chi connectivity index (χ0) is 20.1. The molecule has 0 aliphatic carbocycles. The number of fused-ring (bicyclic) bond motifs is 3. The molecule has 0 bridgehead atoms. The van der Waals surface area contributed by atoms with Gasteiger partial charge in [-0.3, -0.25) is 9.20 Å². The van der Waals surface area contributed by atoms with E-state index in [0.717, 1.165) is 48.3 Å². The average Bonchev–Trinajstić information content (AvgIpc) is 3.06. The van der Waals surface area contributed by atoms with Crippen molar-refractivity contribution in [3.8, 4) is 0 Å². The maximum Gasteiger partial charge on any atom is 0.252 e. The van der Waals surface area contributed by atoms with Gasteiger partial charge in [-0.15, -0.1) is 0 Å². The molecule has 6 nitrogen and oxygen atoms in total. The van der Waals surface area contributed by atoms with Crippen LogP contribution in [0.2, 0.25) is 0 Å². The van der Waals surface area contributed by atoms with Crippen molar-refractivity contribution in [3.05, 3.63) is 41.5 Å². The van der Waals surface area contributed by atoms with Crippen molar-refractivity contribution in [2.75, 3.05) is 24.6 Å². The second-order valence-corrected chi connectivity index (χ2v) is 8.57. The number of anilines is 1. The summed E-state index contributed by atoms with van der Waals surface area (Å²) in [6.07, 6.45) is 1.85. The molecular formula is C22H28N4O2. The molecular weight excluding hydrogens is 352 g/mol. The number of amides is 1. The van der Waals surface area contributed by atoms with Crippen molar-refractivity contribution in [2.24, 2.45) is 11.1 Å². The first-order valence-corrected chi connectivity index (χ1v) is 9.94. The number of para-hydroxylation sites is 2. The number of primary amides is 1. The Morgan fingerprint density at radius 2 is 1.96 bits per heavy atom. The predicted octanol–water partition coefficient (Wildman–Crippen LogP) is 3.31. The van der Waals surface area contributed by atoms with Crippen molar-refractivity contribution >= 4 is 28.4 Å². The standard InChI is InChI=1S/C22H28N4O2/c1-14(2)15-12-16(19(23)28)20-24-17-6-4-5-7-18(17)26(20)21(15)25-10-8-22(3,13-27)9-11-25/h4-7,12,14,27H,8-11,13H2,1-3H3,(H2,23,28). The van der Waals surface area contributed by atoms with Crippen LogP contribution < -0.4 is 10.6 Å². The minimum absolute atomic E-state index is 0.0300. The van der Waals surface area contributed by atoms with E-state index in [4.69, 9.17) is 10.7 Å². The SMILES string of the molecule is CC(C)c1cc(C(N)=O)c2nc3ccccc3n2c1N1CCC(C)(CO)CC1. The number of carbonyl (C=O) groups excluding carboxylic acids is 1. The van der Waals surface area contributed by atoms with E-state index in [-0.39, 0.29) is 17.9 Å². The third kappa shape index (κ3) is 2.92. The third-order valence-corrected chi connectivity index (χ3v) is 6.11. The van der Waals surface area contributed by atoms with Gasteiger partial charge in [0.2, 0.25) is 0 Å². The zero-order valence-corrected chi connectivity index (χ0v) is 16.8. The van der Waals surface area contributed by atoms with Crippen LogP contribution in [-0.2, 0) is 0 Å². The number of nitrogens with two attached hydrogens (primary N) is 1. The lowest BCUT2D eigenvalue weighted by Gasteiger charge is -2.40. The third-order valence-electron chi connectivity index (χ3n) is 6.11. The Kier molecular flexibility index (Phi) is 4.54. The summed E-state index contributed by atoms with van der Waals surface area (Å²) < 4.78 is 2.10. The molecule has 2 aromatic heterocycles. The second kappa shape index (κ2) is 6.78. The van der Waals surface area contributed by atoms with Crippen molar-refractivity contribution < 1.29 is 9.90 Å². The number of aliphatic hydroxyl groups is 1. The number of pyridine rings is 1. The Hall–Kier alpha value is -2.60. The first kappa shape index (κ1) is 18.7. The van der Waals surface area contributed by atoms with Crippen LogP contribution in [-0.4, -0.2) is 40.1 Å². The zero-order valence-electron chi connectivity index (χ0n) is 16.8. The monoisotopic (exact) mass is 380 g/mol. The molecule has 148 valence electrons. The van der Waals surface area contributed by atoms with E-state index >= 15 is 0 Å². The molecule has 0 spiro atoms. The van der Waals surface area contributed by atoms with Crippen molar-refractivity contribution in [1.82, 2.24) is 9.38 Å². The molecule has 0 radical (unpaired) electrons. The lowest BCUT2D eigenvalue weighted by Crippen LogP contribution is -2.41. The molecule has 28 heavy (non-hydrogen) atoms. The molecule has 0 saturated carbocycles.